The van der Waals surface area contributed by atoms with Gasteiger partial charge in [-0.3, -0.25) is 14.8 Å². The number of fused-ring (bicyclic) bond motifs is 5. The van der Waals surface area contributed by atoms with Gasteiger partial charge in [0.1, 0.15) is 10.5 Å². The summed E-state index contributed by atoms with van der Waals surface area (Å²) in [7, 11) is 2.12. The molecule has 130 valence electrons. The Kier molecular flexibility index (Phi) is 3.53. The Labute approximate surface area is 149 Å². The van der Waals surface area contributed by atoms with Crippen LogP contribution in [0.3, 0.4) is 0 Å². The first-order valence-electron chi connectivity index (χ1n) is 9.01. The molecule has 1 aliphatic carbocycles. The van der Waals surface area contributed by atoms with Crippen molar-refractivity contribution in [1.82, 2.24) is 25.1 Å². The summed E-state index contributed by atoms with van der Waals surface area (Å²) in [5, 5.41) is 7.36. The number of rotatable bonds is 1. The van der Waals surface area contributed by atoms with E-state index in [-0.39, 0.29) is 11.6 Å². The van der Waals surface area contributed by atoms with Crippen molar-refractivity contribution in [3.05, 3.63) is 33.6 Å². The molecule has 2 aliphatic rings. The van der Waals surface area contributed by atoms with Crippen LogP contribution < -0.4 is 5.56 Å². The lowest BCUT2D eigenvalue weighted by molar-refractivity contribution is 0.179. The van der Waals surface area contributed by atoms with E-state index in [0.29, 0.717) is 0 Å². The van der Waals surface area contributed by atoms with Crippen molar-refractivity contribution in [2.75, 3.05) is 13.6 Å². The molecule has 1 fully saturated rings. The highest BCUT2D eigenvalue weighted by molar-refractivity contribution is 7.22. The highest BCUT2D eigenvalue weighted by atomic mass is 32.1. The minimum atomic E-state index is 0.00194. The molecule has 0 saturated carbocycles. The minimum absolute atomic E-state index is 0.00194. The monoisotopic (exact) mass is 355 g/mol. The van der Waals surface area contributed by atoms with E-state index in [4.69, 9.17) is 4.98 Å². The Morgan fingerprint density at radius 2 is 2.20 bits per heavy atom. The van der Waals surface area contributed by atoms with Crippen molar-refractivity contribution in [3.8, 4) is 10.4 Å². The highest BCUT2D eigenvalue weighted by Crippen LogP contribution is 2.41. The third-order valence-corrected chi connectivity index (χ3v) is 6.80. The third-order valence-electron chi connectivity index (χ3n) is 5.55. The molecule has 0 amide bonds. The minimum Gasteiger partial charge on any atom is -0.308 e. The first-order valence-corrected chi connectivity index (χ1v) is 9.83. The lowest BCUT2D eigenvalue weighted by Crippen LogP contribution is -2.32. The van der Waals surface area contributed by atoms with Crippen LogP contribution in [0.2, 0.25) is 0 Å². The maximum absolute atomic E-state index is 12.8. The van der Waals surface area contributed by atoms with Gasteiger partial charge in [0.25, 0.3) is 5.56 Å². The van der Waals surface area contributed by atoms with Crippen LogP contribution in [-0.4, -0.2) is 38.7 Å². The van der Waals surface area contributed by atoms with Crippen LogP contribution in [-0.2, 0) is 12.8 Å². The van der Waals surface area contributed by atoms with Crippen LogP contribution >= 0.6 is 11.3 Å². The lowest BCUT2D eigenvalue weighted by atomic mass is 10.0. The van der Waals surface area contributed by atoms with E-state index in [9.17, 15) is 4.79 Å². The molecule has 1 aliphatic heterocycles. The summed E-state index contributed by atoms with van der Waals surface area (Å²) >= 11 is 1.56. The predicted molar refractivity (Wildman–Crippen MR) is 99.1 cm³/mol. The van der Waals surface area contributed by atoms with Crippen molar-refractivity contribution in [2.45, 2.75) is 44.6 Å². The summed E-state index contributed by atoms with van der Waals surface area (Å²) in [6, 6.07) is 0.219. The Morgan fingerprint density at radius 3 is 3.08 bits per heavy atom. The maximum atomic E-state index is 12.8. The number of hydrogen-bond donors (Lipinski definition) is 2. The van der Waals surface area contributed by atoms with Crippen LogP contribution in [0.25, 0.3) is 20.7 Å². The van der Waals surface area contributed by atoms with Crippen LogP contribution in [0.5, 0.6) is 0 Å². The van der Waals surface area contributed by atoms with Gasteiger partial charge in [0.2, 0.25) is 0 Å². The topological polar surface area (TPSA) is 77.7 Å². The molecule has 3 aromatic rings. The molecule has 25 heavy (non-hydrogen) atoms. The Balaban J connectivity index is 1.71. The molecule has 0 unspecified atom stereocenters. The smallest absolute Gasteiger partial charge is 0.268 e. The first kappa shape index (κ1) is 15.3. The van der Waals surface area contributed by atoms with Crippen molar-refractivity contribution >= 4 is 21.6 Å². The largest absolute Gasteiger partial charge is 0.308 e. The van der Waals surface area contributed by atoms with Crippen LogP contribution in [0.4, 0.5) is 0 Å². The van der Waals surface area contributed by atoms with Crippen molar-refractivity contribution < 1.29 is 0 Å². The van der Waals surface area contributed by atoms with Crippen LogP contribution in [0.1, 0.15) is 48.8 Å². The van der Waals surface area contributed by atoms with Gasteiger partial charge in [0.15, 0.2) is 0 Å². The number of aromatic nitrogens is 4. The average Bonchev–Trinajstić information content (AvgIpc) is 3.17. The number of aromatic amines is 2. The number of nitrogens with one attached hydrogen (secondary N) is 2. The van der Waals surface area contributed by atoms with Crippen molar-refractivity contribution in [2.24, 2.45) is 0 Å². The van der Waals surface area contributed by atoms with E-state index in [1.54, 1.807) is 11.3 Å². The summed E-state index contributed by atoms with van der Waals surface area (Å²) in [6.45, 7) is 1.06. The Morgan fingerprint density at radius 1 is 1.28 bits per heavy atom. The van der Waals surface area contributed by atoms with E-state index >= 15 is 0 Å². The van der Waals surface area contributed by atoms with Gasteiger partial charge in [-0.1, -0.05) is 6.42 Å². The Hall–Kier alpha value is -1.99. The van der Waals surface area contributed by atoms with Gasteiger partial charge in [-0.25, -0.2) is 4.98 Å². The van der Waals surface area contributed by atoms with Gasteiger partial charge in [0, 0.05) is 16.6 Å². The second kappa shape index (κ2) is 5.78. The fourth-order valence-corrected chi connectivity index (χ4v) is 5.44. The fraction of sp³-hybridized carbons (Fsp3) is 0.500. The predicted octanol–water partition coefficient (Wildman–Crippen LogP) is 3.02. The number of likely N-dealkylation sites (tertiary alicyclic amines) is 1. The van der Waals surface area contributed by atoms with E-state index in [1.165, 1.54) is 23.3 Å². The van der Waals surface area contributed by atoms with Crippen molar-refractivity contribution in [1.29, 1.82) is 0 Å². The molecule has 3 aromatic heterocycles. The zero-order chi connectivity index (χ0) is 17.0. The normalized spacial score (nSPS) is 21.1. The summed E-state index contributed by atoms with van der Waals surface area (Å²) in [4.78, 5) is 24.3. The third kappa shape index (κ3) is 2.37. The molecule has 5 rings (SSSR count). The summed E-state index contributed by atoms with van der Waals surface area (Å²) < 4.78 is 0.751. The SMILES string of the molecule is CN1CCCC[C@H]1c1nc2c3c(sc2c(=O)[nH]1)-c1c[nH]nc1CCC3. The van der Waals surface area contributed by atoms with E-state index in [1.807, 2.05) is 6.20 Å². The molecule has 6 nitrogen and oxygen atoms in total. The molecule has 2 N–H and O–H groups in total. The van der Waals surface area contributed by atoms with Crippen molar-refractivity contribution in [3.63, 3.8) is 0 Å². The number of H-pyrrole nitrogens is 2. The zero-order valence-corrected chi connectivity index (χ0v) is 15.1. The molecular weight excluding hydrogens is 334 g/mol. The molecular formula is C18H21N5OS. The van der Waals surface area contributed by atoms with Crippen LogP contribution in [0.15, 0.2) is 11.0 Å². The lowest BCUT2D eigenvalue weighted by Gasteiger charge is -2.31. The zero-order valence-electron chi connectivity index (χ0n) is 14.3. The van der Waals surface area contributed by atoms with Gasteiger partial charge in [0.05, 0.1) is 17.3 Å². The van der Waals surface area contributed by atoms with E-state index < -0.39 is 0 Å². The number of thiophene rings is 1. The number of hydrogen-bond acceptors (Lipinski definition) is 5. The quantitative estimate of drug-likeness (QED) is 0.703. The van der Waals surface area contributed by atoms with Gasteiger partial charge in [-0.15, -0.1) is 11.3 Å². The van der Waals surface area contributed by atoms with E-state index in [0.717, 1.165) is 59.5 Å². The van der Waals surface area contributed by atoms with Gasteiger partial charge >= 0.3 is 0 Å². The molecule has 0 bridgehead atoms. The second-order valence-electron chi connectivity index (χ2n) is 7.13. The highest BCUT2D eigenvalue weighted by Gasteiger charge is 2.27. The summed E-state index contributed by atoms with van der Waals surface area (Å²) in [5.41, 5.74) is 4.39. The van der Waals surface area contributed by atoms with Crippen LogP contribution in [0, 0.1) is 0 Å². The number of piperidine rings is 1. The van der Waals surface area contributed by atoms with E-state index in [2.05, 4.69) is 27.1 Å². The Bertz CT molecular complexity index is 1000. The summed E-state index contributed by atoms with van der Waals surface area (Å²) in [6.07, 6.45) is 8.41. The molecule has 0 radical (unpaired) electrons. The van der Waals surface area contributed by atoms with Gasteiger partial charge in [-0.2, -0.15) is 5.10 Å². The molecule has 1 atom stereocenters. The standard InChI is InChI=1S/C18H21N5OS/c1-23-8-3-2-7-13(23)17-20-14-10-5-4-6-12-11(9-19-22-12)15(10)25-16(14)18(24)21-17/h9,13H,2-8H2,1H3,(H,19,22)(H,20,21,24)/t13-/m0/s1. The maximum Gasteiger partial charge on any atom is 0.268 e. The average molecular weight is 355 g/mol. The fourth-order valence-electron chi connectivity index (χ4n) is 4.22. The second-order valence-corrected chi connectivity index (χ2v) is 8.15. The molecule has 0 aromatic carbocycles. The molecule has 1 saturated heterocycles. The molecule has 7 heteroatoms. The molecule has 4 heterocycles. The first-order chi connectivity index (χ1) is 12.2. The molecule has 0 spiro atoms. The summed E-state index contributed by atoms with van der Waals surface area (Å²) in [5.74, 6) is 0.831. The van der Waals surface area contributed by atoms with Gasteiger partial charge < -0.3 is 4.98 Å². The number of nitrogens with zero attached hydrogens (tertiary/aromatic N) is 3. The van der Waals surface area contributed by atoms with Gasteiger partial charge in [-0.05, 0) is 51.3 Å². The number of aryl methyl sites for hydroxylation is 2.